The van der Waals surface area contributed by atoms with Crippen molar-refractivity contribution in [3.8, 4) is 11.5 Å². The first-order valence-electron chi connectivity index (χ1n) is 9.21. The van der Waals surface area contributed by atoms with E-state index >= 15 is 0 Å². The number of amides is 1. The van der Waals surface area contributed by atoms with Crippen molar-refractivity contribution in [2.75, 3.05) is 20.8 Å². The average Bonchev–Trinajstić information content (AvgIpc) is 3.15. The summed E-state index contributed by atoms with van der Waals surface area (Å²) < 4.78 is 12.6. The molecule has 0 aliphatic heterocycles. The molecular formula is C22H25N3O3. The van der Waals surface area contributed by atoms with Crippen molar-refractivity contribution in [2.45, 2.75) is 19.4 Å². The standard InChI is InChI=1S/C22H25N3O3/c1-27-19-9-8-18(14-20(19)28-2)15-22(26)24-11-10-21-23-12-13-25(21)16-17-6-4-3-5-7-17/h3-9,12-14H,10-11,15-16H2,1-2H3,(H,24,26). The van der Waals surface area contributed by atoms with Crippen LogP contribution in [-0.4, -0.2) is 36.2 Å². The summed E-state index contributed by atoms with van der Waals surface area (Å²) in [5.74, 6) is 2.19. The Balaban J connectivity index is 1.50. The number of nitrogens with zero attached hydrogens (tertiary/aromatic N) is 2. The van der Waals surface area contributed by atoms with Gasteiger partial charge in [0.25, 0.3) is 0 Å². The van der Waals surface area contributed by atoms with Crippen LogP contribution in [0, 0.1) is 0 Å². The van der Waals surface area contributed by atoms with Crippen LogP contribution in [0.4, 0.5) is 0 Å². The molecule has 0 saturated carbocycles. The second-order valence-corrected chi connectivity index (χ2v) is 6.42. The average molecular weight is 379 g/mol. The van der Waals surface area contributed by atoms with Crippen LogP contribution in [0.5, 0.6) is 11.5 Å². The molecule has 0 fully saturated rings. The molecule has 1 N–H and O–H groups in total. The second-order valence-electron chi connectivity index (χ2n) is 6.42. The van der Waals surface area contributed by atoms with Crippen molar-refractivity contribution in [3.05, 3.63) is 77.9 Å². The smallest absolute Gasteiger partial charge is 0.224 e. The SMILES string of the molecule is COc1ccc(CC(=O)NCCc2nccn2Cc2ccccc2)cc1OC. The first-order chi connectivity index (χ1) is 13.7. The van der Waals surface area contributed by atoms with Crippen LogP contribution in [0.15, 0.2) is 60.9 Å². The Morgan fingerprint density at radius 1 is 1.04 bits per heavy atom. The topological polar surface area (TPSA) is 65.4 Å². The van der Waals surface area contributed by atoms with Gasteiger partial charge < -0.3 is 19.4 Å². The summed E-state index contributed by atoms with van der Waals surface area (Å²) in [5, 5.41) is 2.96. The van der Waals surface area contributed by atoms with Crippen molar-refractivity contribution in [2.24, 2.45) is 0 Å². The van der Waals surface area contributed by atoms with Crippen LogP contribution in [0.1, 0.15) is 17.0 Å². The lowest BCUT2D eigenvalue weighted by atomic mass is 10.1. The largest absolute Gasteiger partial charge is 0.493 e. The summed E-state index contributed by atoms with van der Waals surface area (Å²) in [5.41, 5.74) is 2.10. The molecule has 0 saturated heterocycles. The van der Waals surface area contributed by atoms with Gasteiger partial charge in [-0.2, -0.15) is 0 Å². The maximum Gasteiger partial charge on any atom is 0.224 e. The van der Waals surface area contributed by atoms with Gasteiger partial charge in [0.15, 0.2) is 11.5 Å². The summed E-state index contributed by atoms with van der Waals surface area (Å²) in [6, 6.07) is 15.7. The summed E-state index contributed by atoms with van der Waals surface area (Å²) in [6.07, 6.45) is 4.73. The highest BCUT2D eigenvalue weighted by Crippen LogP contribution is 2.27. The predicted octanol–water partition coefficient (Wildman–Crippen LogP) is 2.85. The van der Waals surface area contributed by atoms with Crippen LogP contribution < -0.4 is 14.8 Å². The van der Waals surface area contributed by atoms with Gasteiger partial charge in [-0.15, -0.1) is 0 Å². The van der Waals surface area contributed by atoms with Crippen LogP contribution in [0.25, 0.3) is 0 Å². The fourth-order valence-corrected chi connectivity index (χ4v) is 3.04. The van der Waals surface area contributed by atoms with Crippen molar-refractivity contribution in [1.82, 2.24) is 14.9 Å². The van der Waals surface area contributed by atoms with Gasteiger partial charge in [-0.3, -0.25) is 4.79 Å². The van der Waals surface area contributed by atoms with Crippen molar-refractivity contribution in [1.29, 1.82) is 0 Å². The van der Waals surface area contributed by atoms with Gasteiger partial charge in [-0.25, -0.2) is 4.98 Å². The van der Waals surface area contributed by atoms with Gasteiger partial charge >= 0.3 is 0 Å². The first kappa shape index (κ1) is 19.5. The number of ether oxygens (including phenoxy) is 2. The molecule has 0 radical (unpaired) electrons. The van der Waals surface area contributed by atoms with E-state index in [0.29, 0.717) is 30.9 Å². The quantitative estimate of drug-likeness (QED) is 0.621. The minimum Gasteiger partial charge on any atom is -0.493 e. The third-order valence-corrected chi connectivity index (χ3v) is 4.48. The summed E-state index contributed by atoms with van der Waals surface area (Å²) in [7, 11) is 3.17. The number of carbonyl (C=O) groups excluding carboxylic acids is 1. The Kier molecular flexibility index (Phi) is 6.68. The lowest BCUT2D eigenvalue weighted by Gasteiger charge is -2.11. The first-order valence-corrected chi connectivity index (χ1v) is 9.21. The zero-order chi connectivity index (χ0) is 19.8. The number of aromatic nitrogens is 2. The Hall–Kier alpha value is -3.28. The van der Waals surface area contributed by atoms with E-state index in [-0.39, 0.29) is 5.91 Å². The van der Waals surface area contributed by atoms with E-state index in [4.69, 9.17) is 9.47 Å². The van der Waals surface area contributed by atoms with Gasteiger partial charge in [0, 0.05) is 31.9 Å². The normalized spacial score (nSPS) is 10.5. The Labute approximate surface area is 165 Å². The molecule has 3 aromatic rings. The molecule has 1 heterocycles. The molecule has 2 aromatic carbocycles. The molecule has 1 amide bonds. The van der Waals surface area contributed by atoms with Gasteiger partial charge in [-0.1, -0.05) is 36.4 Å². The highest BCUT2D eigenvalue weighted by Gasteiger charge is 2.09. The fourth-order valence-electron chi connectivity index (χ4n) is 3.04. The minimum atomic E-state index is -0.0339. The summed E-state index contributed by atoms with van der Waals surface area (Å²) in [4.78, 5) is 16.7. The molecule has 6 heteroatoms. The van der Waals surface area contributed by atoms with Gasteiger partial charge in [0.05, 0.1) is 20.6 Å². The number of hydrogen-bond acceptors (Lipinski definition) is 4. The molecule has 6 nitrogen and oxygen atoms in total. The molecule has 0 aliphatic carbocycles. The van der Waals surface area contributed by atoms with Crippen molar-refractivity contribution >= 4 is 5.91 Å². The van der Waals surface area contributed by atoms with Crippen LogP contribution in [-0.2, 0) is 24.2 Å². The maximum atomic E-state index is 12.3. The number of benzene rings is 2. The molecule has 0 spiro atoms. The monoisotopic (exact) mass is 379 g/mol. The Morgan fingerprint density at radius 3 is 2.57 bits per heavy atom. The van der Waals surface area contributed by atoms with E-state index in [1.165, 1.54) is 5.56 Å². The molecular weight excluding hydrogens is 354 g/mol. The van der Waals surface area contributed by atoms with Gasteiger partial charge in [0.2, 0.25) is 5.91 Å². The molecule has 28 heavy (non-hydrogen) atoms. The van der Waals surface area contributed by atoms with Crippen LogP contribution >= 0.6 is 0 Å². The molecule has 0 aliphatic rings. The maximum absolute atomic E-state index is 12.3. The lowest BCUT2D eigenvalue weighted by molar-refractivity contribution is -0.120. The van der Waals surface area contributed by atoms with E-state index in [1.807, 2.05) is 42.6 Å². The predicted molar refractivity (Wildman–Crippen MR) is 108 cm³/mol. The number of carbonyl (C=O) groups is 1. The number of nitrogens with one attached hydrogen (secondary N) is 1. The Morgan fingerprint density at radius 2 is 1.82 bits per heavy atom. The Bertz CT molecular complexity index is 906. The molecule has 0 unspecified atom stereocenters. The molecule has 0 bridgehead atoms. The van der Waals surface area contributed by atoms with Crippen molar-refractivity contribution in [3.63, 3.8) is 0 Å². The zero-order valence-corrected chi connectivity index (χ0v) is 16.2. The van der Waals surface area contributed by atoms with E-state index in [1.54, 1.807) is 20.4 Å². The van der Waals surface area contributed by atoms with Crippen molar-refractivity contribution < 1.29 is 14.3 Å². The van der Waals surface area contributed by atoms with Crippen LogP contribution in [0.2, 0.25) is 0 Å². The highest BCUT2D eigenvalue weighted by atomic mass is 16.5. The summed E-state index contributed by atoms with van der Waals surface area (Å²) >= 11 is 0. The van der Waals surface area contributed by atoms with E-state index in [0.717, 1.165) is 17.9 Å². The summed E-state index contributed by atoms with van der Waals surface area (Å²) in [6.45, 7) is 1.31. The van der Waals surface area contributed by atoms with E-state index in [9.17, 15) is 4.79 Å². The number of rotatable bonds is 9. The van der Waals surface area contributed by atoms with Gasteiger partial charge in [0.1, 0.15) is 5.82 Å². The number of methoxy groups -OCH3 is 2. The number of hydrogen-bond donors (Lipinski definition) is 1. The van der Waals surface area contributed by atoms with E-state index in [2.05, 4.69) is 27.0 Å². The zero-order valence-electron chi connectivity index (χ0n) is 16.2. The van der Waals surface area contributed by atoms with Gasteiger partial charge in [-0.05, 0) is 23.3 Å². The van der Waals surface area contributed by atoms with Crippen LogP contribution in [0.3, 0.4) is 0 Å². The molecule has 3 rings (SSSR count). The third-order valence-electron chi connectivity index (χ3n) is 4.48. The molecule has 0 atom stereocenters. The molecule has 1 aromatic heterocycles. The lowest BCUT2D eigenvalue weighted by Crippen LogP contribution is -2.28. The highest BCUT2D eigenvalue weighted by molar-refractivity contribution is 5.78. The third kappa shape index (κ3) is 5.13. The fraction of sp³-hybridized carbons (Fsp3) is 0.273. The van der Waals surface area contributed by atoms with E-state index < -0.39 is 0 Å². The number of imidazole rings is 1. The minimum absolute atomic E-state index is 0.0339. The second kappa shape index (κ2) is 9.60. The molecule has 146 valence electrons.